The lowest BCUT2D eigenvalue weighted by Gasteiger charge is -2.47. The summed E-state index contributed by atoms with van der Waals surface area (Å²) in [7, 11) is 0. The third-order valence-electron chi connectivity index (χ3n) is 5.52. The minimum absolute atomic E-state index is 0.0700. The van der Waals surface area contributed by atoms with Crippen molar-refractivity contribution in [3.63, 3.8) is 0 Å². The molecule has 2 rings (SSSR count). The topological polar surface area (TPSA) is 30.9 Å². The molecule has 2 aliphatic rings. The standard InChI is InChI=1S/C22H41F2NO3/c1-20(2,3)12-17-10-18(11-17)27-9-7-8-26-15-22(23,24)16-28-19-13-25(14-19)21(4,5)6/h17-19H,7-16H2,1-6H3. The molecule has 0 N–H and O–H groups in total. The first-order valence-electron chi connectivity index (χ1n) is 10.8. The first-order valence-corrected chi connectivity index (χ1v) is 10.8. The molecule has 0 aromatic carbocycles. The molecule has 0 aromatic heterocycles. The lowest BCUT2D eigenvalue weighted by Crippen LogP contribution is -2.60. The Balaban J connectivity index is 1.43. The van der Waals surface area contributed by atoms with Gasteiger partial charge >= 0.3 is 0 Å². The maximum absolute atomic E-state index is 13.9. The van der Waals surface area contributed by atoms with Gasteiger partial charge in [-0.3, -0.25) is 4.90 Å². The van der Waals surface area contributed by atoms with Crippen molar-refractivity contribution in [2.45, 2.75) is 90.9 Å². The molecule has 1 aliphatic carbocycles. The Morgan fingerprint density at radius 3 is 2.07 bits per heavy atom. The van der Waals surface area contributed by atoms with Crippen molar-refractivity contribution in [2.24, 2.45) is 11.3 Å². The zero-order valence-electron chi connectivity index (χ0n) is 18.7. The number of halogens is 2. The van der Waals surface area contributed by atoms with Crippen molar-refractivity contribution < 1.29 is 23.0 Å². The second kappa shape index (κ2) is 9.67. The van der Waals surface area contributed by atoms with E-state index in [0.717, 1.165) is 31.8 Å². The van der Waals surface area contributed by atoms with Crippen LogP contribution >= 0.6 is 0 Å². The molecule has 0 radical (unpaired) electrons. The van der Waals surface area contributed by atoms with E-state index in [2.05, 4.69) is 46.4 Å². The first kappa shape index (κ1) is 24.0. The summed E-state index contributed by atoms with van der Waals surface area (Å²) in [5.74, 6) is -2.16. The molecule has 166 valence electrons. The average Bonchev–Trinajstić information content (AvgIpc) is 2.43. The molecule has 0 amide bonds. The Kier molecular flexibility index (Phi) is 8.28. The molecule has 0 spiro atoms. The molecular formula is C22H41F2NO3. The van der Waals surface area contributed by atoms with Crippen LogP contribution in [0.2, 0.25) is 0 Å². The molecule has 1 heterocycles. The quantitative estimate of drug-likeness (QED) is 0.464. The summed E-state index contributed by atoms with van der Waals surface area (Å²) in [5.41, 5.74) is 0.448. The summed E-state index contributed by atoms with van der Waals surface area (Å²) in [4.78, 5) is 2.22. The number of nitrogens with zero attached hydrogens (tertiary/aromatic N) is 1. The summed E-state index contributed by atoms with van der Waals surface area (Å²) in [6.45, 7) is 14.3. The van der Waals surface area contributed by atoms with Crippen LogP contribution in [-0.4, -0.2) is 68.1 Å². The molecule has 0 unspecified atom stereocenters. The van der Waals surface area contributed by atoms with Crippen molar-refractivity contribution >= 4 is 0 Å². The number of ether oxygens (including phenoxy) is 3. The second-order valence-corrected chi connectivity index (χ2v) is 10.9. The normalized spacial score (nSPS) is 24.9. The van der Waals surface area contributed by atoms with Gasteiger partial charge in [0.25, 0.3) is 5.92 Å². The van der Waals surface area contributed by atoms with Crippen LogP contribution in [0.25, 0.3) is 0 Å². The van der Waals surface area contributed by atoms with E-state index < -0.39 is 19.1 Å². The average molecular weight is 406 g/mol. The van der Waals surface area contributed by atoms with Crippen LogP contribution in [0.5, 0.6) is 0 Å². The maximum atomic E-state index is 13.9. The highest BCUT2D eigenvalue weighted by atomic mass is 19.3. The summed E-state index contributed by atoms with van der Waals surface area (Å²) < 4.78 is 44.0. The monoisotopic (exact) mass is 405 g/mol. The van der Waals surface area contributed by atoms with E-state index in [1.165, 1.54) is 6.42 Å². The SMILES string of the molecule is CC(C)(C)CC1CC(OCCCOCC(F)(F)COC2CN(C(C)(C)C)C2)C1. The predicted octanol–water partition coefficient (Wildman–Crippen LogP) is 4.76. The third kappa shape index (κ3) is 8.60. The van der Waals surface area contributed by atoms with Gasteiger partial charge in [0.15, 0.2) is 0 Å². The van der Waals surface area contributed by atoms with Crippen LogP contribution in [0.4, 0.5) is 8.78 Å². The van der Waals surface area contributed by atoms with Gasteiger partial charge in [0, 0.05) is 31.8 Å². The molecule has 2 fully saturated rings. The lowest BCUT2D eigenvalue weighted by molar-refractivity contribution is -0.167. The molecule has 1 saturated carbocycles. The fourth-order valence-corrected chi connectivity index (χ4v) is 3.85. The zero-order chi connectivity index (χ0) is 21.0. The van der Waals surface area contributed by atoms with Crippen molar-refractivity contribution in [2.75, 3.05) is 39.5 Å². The first-order chi connectivity index (χ1) is 12.8. The minimum Gasteiger partial charge on any atom is -0.378 e. The number of hydrogen-bond acceptors (Lipinski definition) is 4. The van der Waals surface area contributed by atoms with Gasteiger partial charge < -0.3 is 14.2 Å². The summed E-state index contributed by atoms with van der Waals surface area (Å²) in [6, 6.07) is 0. The largest absolute Gasteiger partial charge is 0.378 e. The Hall–Kier alpha value is -0.300. The van der Waals surface area contributed by atoms with Crippen molar-refractivity contribution in [1.29, 1.82) is 0 Å². The van der Waals surface area contributed by atoms with E-state index in [-0.39, 0.29) is 11.6 Å². The summed E-state index contributed by atoms with van der Waals surface area (Å²) >= 11 is 0. The number of hydrogen-bond donors (Lipinski definition) is 0. The highest BCUT2D eigenvalue weighted by molar-refractivity contribution is 4.90. The van der Waals surface area contributed by atoms with E-state index in [0.29, 0.717) is 31.2 Å². The minimum atomic E-state index is -2.93. The highest BCUT2D eigenvalue weighted by Crippen LogP contribution is 2.38. The van der Waals surface area contributed by atoms with Gasteiger partial charge in [-0.25, -0.2) is 8.78 Å². The van der Waals surface area contributed by atoms with Crippen molar-refractivity contribution in [1.82, 2.24) is 4.90 Å². The van der Waals surface area contributed by atoms with Crippen LogP contribution < -0.4 is 0 Å². The summed E-state index contributed by atoms with van der Waals surface area (Å²) in [6.07, 6.45) is 4.39. The Labute approximate surface area is 170 Å². The molecule has 0 bridgehead atoms. The molecule has 6 heteroatoms. The molecule has 1 saturated heterocycles. The van der Waals surface area contributed by atoms with Gasteiger partial charge in [0.05, 0.1) is 12.2 Å². The molecule has 0 atom stereocenters. The van der Waals surface area contributed by atoms with Crippen LogP contribution in [-0.2, 0) is 14.2 Å². The highest BCUT2D eigenvalue weighted by Gasteiger charge is 2.38. The second-order valence-electron chi connectivity index (χ2n) is 10.9. The van der Waals surface area contributed by atoms with Crippen molar-refractivity contribution in [3.8, 4) is 0 Å². The molecule has 28 heavy (non-hydrogen) atoms. The van der Waals surface area contributed by atoms with Gasteiger partial charge in [0.1, 0.15) is 13.2 Å². The Bertz CT molecular complexity index is 461. The zero-order valence-corrected chi connectivity index (χ0v) is 18.7. The maximum Gasteiger partial charge on any atom is 0.293 e. The van der Waals surface area contributed by atoms with E-state index >= 15 is 0 Å². The van der Waals surface area contributed by atoms with Crippen LogP contribution in [0.3, 0.4) is 0 Å². The lowest BCUT2D eigenvalue weighted by atomic mass is 9.73. The van der Waals surface area contributed by atoms with Gasteiger partial charge in [-0.2, -0.15) is 0 Å². The van der Waals surface area contributed by atoms with Crippen LogP contribution in [0.1, 0.15) is 67.2 Å². The van der Waals surface area contributed by atoms with Crippen LogP contribution in [0.15, 0.2) is 0 Å². The number of rotatable bonds is 11. The number of alkyl halides is 2. The van der Waals surface area contributed by atoms with E-state index in [1.54, 1.807) is 0 Å². The van der Waals surface area contributed by atoms with E-state index in [4.69, 9.17) is 14.2 Å². The fraction of sp³-hybridized carbons (Fsp3) is 1.00. The molecule has 0 aromatic rings. The molecule has 4 nitrogen and oxygen atoms in total. The van der Waals surface area contributed by atoms with Crippen LogP contribution in [0, 0.1) is 11.3 Å². The van der Waals surface area contributed by atoms with Gasteiger partial charge in [-0.05, 0) is 57.8 Å². The summed E-state index contributed by atoms with van der Waals surface area (Å²) in [5, 5.41) is 0. The van der Waals surface area contributed by atoms with Gasteiger partial charge in [-0.1, -0.05) is 20.8 Å². The fourth-order valence-electron chi connectivity index (χ4n) is 3.85. The number of likely N-dealkylation sites (tertiary alicyclic amines) is 1. The van der Waals surface area contributed by atoms with E-state index in [1.807, 2.05) is 0 Å². The smallest absolute Gasteiger partial charge is 0.293 e. The Morgan fingerprint density at radius 1 is 0.857 bits per heavy atom. The van der Waals surface area contributed by atoms with Crippen molar-refractivity contribution in [3.05, 3.63) is 0 Å². The molecular weight excluding hydrogens is 364 g/mol. The Morgan fingerprint density at radius 2 is 1.50 bits per heavy atom. The van der Waals surface area contributed by atoms with Gasteiger partial charge in [-0.15, -0.1) is 0 Å². The van der Waals surface area contributed by atoms with Gasteiger partial charge in [0.2, 0.25) is 0 Å². The predicted molar refractivity (Wildman–Crippen MR) is 108 cm³/mol. The third-order valence-corrected chi connectivity index (χ3v) is 5.52. The van der Waals surface area contributed by atoms with E-state index in [9.17, 15) is 8.78 Å². The molecule has 1 aliphatic heterocycles.